The summed E-state index contributed by atoms with van der Waals surface area (Å²) in [5, 5.41) is 23.0. The number of nitriles is 1. The molecular formula is C14H13N5O2. The zero-order valence-electron chi connectivity index (χ0n) is 11.3. The van der Waals surface area contributed by atoms with E-state index >= 15 is 0 Å². The van der Waals surface area contributed by atoms with Crippen LogP contribution in [-0.2, 0) is 0 Å². The number of pyridine rings is 1. The van der Waals surface area contributed by atoms with Gasteiger partial charge in [0.1, 0.15) is 11.6 Å². The van der Waals surface area contributed by atoms with E-state index in [0.717, 1.165) is 5.56 Å². The number of nitrogen functional groups attached to an aromatic ring is 1. The van der Waals surface area contributed by atoms with E-state index in [1.165, 1.54) is 12.3 Å². The summed E-state index contributed by atoms with van der Waals surface area (Å²) >= 11 is 0. The van der Waals surface area contributed by atoms with E-state index in [1.54, 1.807) is 18.2 Å². The standard InChI is InChI=1S/C14H13N5O2/c1-9(10-2-4-12(16)5-3-10)18-14-13(19(20)21)11(8-15)6-7-17-14/h2-7,9H,16H2,1H3,(H,17,18). The Hall–Kier alpha value is -3.14. The summed E-state index contributed by atoms with van der Waals surface area (Å²) in [6, 6.07) is 10.1. The number of hydrogen-bond acceptors (Lipinski definition) is 6. The Kier molecular flexibility index (Phi) is 4.00. The zero-order valence-corrected chi connectivity index (χ0v) is 11.3. The van der Waals surface area contributed by atoms with Crippen LogP contribution in [0.5, 0.6) is 0 Å². The van der Waals surface area contributed by atoms with Crippen molar-refractivity contribution < 1.29 is 4.92 Å². The predicted molar refractivity (Wildman–Crippen MR) is 78.5 cm³/mol. The van der Waals surface area contributed by atoms with E-state index in [9.17, 15) is 10.1 Å². The van der Waals surface area contributed by atoms with E-state index in [-0.39, 0.29) is 23.1 Å². The van der Waals surface area contributed by atoms with Crippen LogP contribution in [0, 0.1) is 21.4 Å². The molecule has 1 aromatic carbocycles. The van der Waals surface area contributed by atoms with Crippen molar-refractivity contribution >= 4 is 17.2 Å². The molecule has 3 N–H and O–H groups in total. The number of anilines is 2. The number of nitro groups is 1. The van der Waals surface area contributed by atoms with E-state index < -0.39 is 4.92 Å². The lowest BCUT2D eigenvalue weighted by molar-refractivity contribution is -0.384. The number of rotatable bonds is 4. The van der Waals surface area contributed by atoms with Gasteiger partial charge in [-0.25, -0.2) is 4.98 Å². The lowest BCUT2D eigenvalue weighted by Gasteiger charge is -2.15. The highest BCUT2D eigenvalue weighted by atomic mass is 16.6. The van der Waals surface area contributed by atoms with Crippen LogP contribution in [0.2, 0.25) is 0 Å². The molecule has 21 heavy (non-hydrogen) atoms. The van der Waals surface area contributed by atoms with Gasteiger partial charge in [0.25, 0.3) is 0 Å². The maximum atomic E-state index is 11.1. The second kappa shape index (κ2) is 5.88. The van der Waals surface area contributed by atoms with Gasteiger partial charge in [0.15, 0.2) is 0 Å². The van der Waals surface area contributed by atoms with Gasteiger partial charge >= 0.3 is 5.69 Å². The average molecular weight is 283 g/mol. The van der Waals surface area contributed by atoms with Crippen molar-refractivity contribution in [2.75, 3.05) is 11.1 Å². The topological polar surface area (TPSA) is 118 Å². The van der Waals surface area contributed by atoms with Gasteiger partial charge in [0.05, 0.1) is 11.0 Å². The maximum Gasteiger partial charge on any atom is 0.328 e. The molecule has 0 amide bonds. The number of aromatic nitrogens is 1. The van der Waals surface area contributed by atoms with Gasteiger partial charge in [0.2, 0.25) is 5.82 Å². The third-order valence-electron chi connectivity index (χ3n) is 3.02. The van der Waals surface area contributed by atoms with Crippen LogP contribution in [-0.4, -0.2) is 9.91 Å². The van der Waals surface area contributed by atoms with Crippen LogP contribution >= 0.6 is 0 Å². The molecule has 0 aliphatic heterocycles. The van der Waals surface area contributed by atoms with Crippen molar-refractivity contribution in [1.29, 1.82) is 5.26 Å². The number of nitrogens with one attached hydrogen (secondary N) is 1. The molecule has 2 rings (SSSR count). The highest BCUT2D eigenvalue weighted by molar-refractivity contribution is 5.64. The molecule has 0 saturated carbocycles. The summed E-state index contributed by atoms with van der Waals surface area (Å²) in [5.74, 6) is 0.0726. The highest BCUT2D eigenvalue weighted by Crippen LogP contribution is 2.29. The number of hydrogen-bond donors (Lipinski definition) is 2. The Labute approximate surface area is 121 Å². The molecule has 0 bridgehead atoms. The molecule has 0 fully saturated rings. The summed E-state index contributed by atoms with van der Waals surface area (Å²) in [6.07, 6.45) is 1.36. The van der Waals surface area contributed by atoms with E-state index in [0.29, 0.717) is 5.69 Å². The molecule has 0 spiro atoms. The van der Waals surface area contributed by atoms with E-state index in [1.807, 2.05) is 19.1 Å². The highest BCUT2D eigenvalue weighted by Gasteiger charge is 2.22. The van der Waals surface area contributed by atoms with Crippen molar-refractivity contribution in [2.45, 2.75) is 13.0 Å². The first kappa shape index (κ1) is 14.3. The van der Waals surface area contributed by atoms with E-state index in [2.05, 4.69) is 10.3 Å². The smallest absolute Gasteiger partial charge is 0.328 e. The number of benzene rings is 1. The maximum absolute atomic E-state index is 11.1. The van der Waals surface area contributed by atoms with Crippen LogP contribution in [0.4, 0.5) is 17.2 Å². The summed E-state index contributed by atoms with van der Waals surface area (Å²) in [4.78, 5) is 14.5. The minimum Gasteiger partial charge on any atom is -0.399 e. The molecule has 1 heterocycles. The molecule has 0 aliphatic rings. The Morgan fingerprint density at radius 2 is 2.05 bits per heavy atom. The van der Waals surface area contributed by atoms with Gasteiger partial charge in [-0.1, -0.05) is 12.1 Å². The second-order valence-electron chi connectivity index (χ2n) is 4.46. The van der Waals surface area contributed by atoms with Crippen molar-refractivity contribution in [2.24, 2.45) is 0 Å². The summed E-state index contributed by atoms with van der Waals surface area (Å²) in [6.45, 7) is 1.84. The van der Waals surface area contributed by atoms with Crippen molar-refractivity contribution in [1.82, 2.24) is 4.98 Å². The normalized spacial score (nSPS) is 11.4. The largest absolute Gasteiger partial charge is 0.399 e. The lowest BCUT2D eigenvalue weighted by atomic mass is 10.1. The molecule has 1 unspecified atom stereocenters. The van der Waals surface area contributed by atoms with Gasteiger partial charge < -0.3 is 11.1 Å². The van der Waals surface area contributed by atoms with E-state index in [4.69, 9.17) is 11.0 Å². The first-order valence-corrected chi connectivity index (χ1v) is 6.18. The summed E-state index contributed by atoms with van der Waals surface area (Å²) < 4.78 is 0. The molecule has 0 aliphatic carbocycles. The third-order valence-corrected chi connectivity index (χ3v) is 3.02. The summed E-state index contributed by atoms with van der Waals surface area (Å²) in [7, 11) is 0. The van der Waals surface area contributed by atoms with Crippen molar-refractivity contribution in [3.8, 4) is 6.07 Å². The average Bonchev–Trinajstić information content (AvgIpc) is 2.47. The Bertz CT molecular complexity index is 706. The third kappa shape index (κ3) is 3.06. The zero-order chi connectivity index (χ0) is 15.4. The molecule has 7 nitrogen and oxygen atoms in total. The van der Waals surface area contributed by atoms with Crippen LogP contribution in [0.1, 0.15) is 24.1 Å². The Morgan fingerprint density at radius 3 is 2.62 bits per heavy atom. The van der Waals surface area contributed by atoms with Gasteiger partial charge in [-0.2, -0.15) is 5.26 Å². The monoisotopic (exact) mass is 283 g/mol. The Balaban J connectivity index is 2.33. The second-order valence-corrected chi connectivity index (χ2v) is 4.46. The minimum absolute atomic E-state index is 0.0259. The lowest BCUT2D eigenvalue weighted by Crippen LogP contribution is -2.10. The van der Waals surface area contributed by atoms with Gasteiger partial charge in [-0.3, -0.25) is 10.1 Å². The van der Waals surface area contributed by atoms with Crippen LogP contribution in [0.15, 0.2) is 36.5 Å². The molecule has 2 aromatic rings. The van der Waals surface area contributed by atoms with Crippen molar-refractivity contribution in [3.05, 3.63) is 57.8 Å². The van der Waals surface area contributed by atoms with Crippen LogP contribution < -0.4 is 11.1 Å². The molecule has 0 radical (unpaired) electrons. The summed E-state index contributed by atoms with van der Waals surface area (Å²) in [5.41, 5.74) is 6.83. The first-order chi connectivity index (χ1) is 10.0. The quantitative estimate of drug-likeness (QED) is 0.506. The fraction of sp³-hybridized carbons (Fsp3) is 0.143. The molecular weight excluding hydrogens is 270 g/mol. The van der Waals surface area contributed by atoms with Crippen LogP contribution in [0.25, 0.3) is 0 Å². The fourth-order valence-corrected chi connectivity index (χ4v) is 1.91. The molecule has 1 atom stereocenters. The molecule has 0 saturated heterocycles. The Morgan fingerprint density at radius 1 is 1.38 bits per heavy atom. The SMILES string of the molecule is CC(Nc1nccc(C#N)c1[N+](=O)[O-])c1ccc(N)cc1. The first-order valence-electron chi connectivity index (χ1n) is 6.18. The molecule has 1 aromatic heterocycles. The minimum atomic E-state index is -0.608. The van der Waals surface area contributed by atoms with Gasteiger partial charge in [-0.15, -0.1) is 0 Å². The molecule has 7 heteroatoms. The predicted octanol–water partition coefficient (Wildman–Crippen LogP) is 2.62. The van der Waals surface area contributed by atoms with Gasteiger partial charge in [0, 0.05) is 11.9 Å². The molecule has 106 valence electrons. The number of nitrogens with two attached hydrogens (primary N) is 1. The van der Waals surface area contributed by atoms with Gasteiger partial charge in [-0.05, 0) is 30.7 Å². The van der Waals surface area contributed by atoms with Crippen LogP contribution in [0.3, 0.4) is 0 Å². The fourth-order valence-electron chi connectivity index (χ4n) is 1.91. The van der Waals surface area contributed by atoms with Crippen molar-refractivity contribution in [3.63, 3.8) is 0 Å². The number of nitrogens with zero attached hydrogens (tertiary/aromatic N) is 3.